The average Bonchev–Trinajstić information content (AvgIpc) is 3.29. The van der Waals surface area contributed by atoms with E-state index in [4.69, 9.17) is 20.2 Å². The molecule has 1 aromatic carbocycles. The Bertz CT molecular complexity index is 1140. The van der Waals surface area contributed by atoms with Gasteiger partial charge in [0.15, 0.2) is 0 Å². The summed E-state index contributed by atoms with van der Waals surface area (Å²) in [5.74, 6) is 3.05. The highest BCUT2D eigenvalue weighted by atomic mass is 32.2. The maximum atomic E-state index is 12.4. The Morgan fingerprint density at radius 3 is 2.62 bits per heavy atom. The molecule has 0 radical (unpaired) electrons. The van der Waals surface area contributed by atoms with E-state index in [2.05, 4.69) is 20.9 Å². The molecule has 0 bridgehead atoms. The number of thiazole rings is 1. The summed E-state index contributed by atoms with van der Waals surface area (Å²) in [5.41, 5.74) is 8.84. The number of aromatic nitrogens is 2. The van der Waals surface area contributed by atoms with E-state index in [1.54, 1.807) is 30.7 Å². The van der Waals surface area contributed by atoms with Crippen molar-refractivity contribution in [3.05, 3.63) is 30.0 Å². The van der Waals surface area contributed by atoms with Crippen LogP contribution in [0.2, 0.25) is 0 Å². The van der Waals surface area contributed by atoms with Crippen LogP contribution in [-0.4, -0.2) is 73.9 Å². The Kier molecular flexibility index (Phi) is 6.07. The predicted octanol–water partition coefficient (Wildman–Crippen LogP) is 2.86. The van der Waals surface area contributed by atoms with Crippen LogP contribution in [0.25, 0.3) is 20.8 Å². The first-order chi connectivity index (χ1) is 15.7. The number of nitrogens with two attached hydrogens (primary N) is 1. The van der Waals surface area contributed by atoms with Crippen molar-refractivity contribution in [1.82, 2.24) is 9.97 Å². The molecule has 0 atom stereocenters. The van der Waals surface area contributed by atoms with Crippen molar-refractivity contribution >= 4 is 50.7 Å². The SMILES string of the molecule is COc1ccc(N2CCOCC2)c2sc(-c3c(C(N)=O)ccnc3N3CCSCC3)nc12. The number of amides is 1. The molecule has 168 valence electrons. The maximum Gasteiger partial charge on any atom is 0.249 e. The van der Waals surface area contributed by atoms with Crippen molar-refractivity contribution in [3.8, 4) is 16.3 Å². The number of fused-ring (bicyclic) bond motifs is 1. The maximum absolute atomic E-state index is 12.4. The van der Waals surface area contributed by atoms with Crippen molar-refractivity contribution in [3.63, 3.8) is 0 Å². The van der Waals surface area contributed by atoms with E-state index < -0.39 is 5.91 Å². The fourth-order valence-electron chi connectivity index (χ4n) is 4.18. The number of ether oxygens (including phenoxy) is 2. The van der Waals surface area contributed by atoms with Gasteiger partial charge in [-0.3, -0.25) is 4.79 Å². The molecule has 5 rings (SSSR count). The second-order valence-electron chi connectivity index (χ2n) is 7.60. The molecule has 8 nitrogen and oxygen atoms in total. The Morgan fingerprint density at radius 1 is 1.12 bits per heavy atom. The highest BCUT2D eigenvalue weighted by molar-refractivity contribution is 7.99. The van der Waals surface area contributed by atoms with Gasteiger partial charge in [0.1, 0.15) is 22.1 Å². The van der Waals surface area contributed by atoms with Crippen molar-refractivity contribution in [2.75, 3.05) is 67.8 Å². The Balaban J connectivity index is 1.70. The number of hydrogen-bond donors (Lipinski definition) is 1. The van der Waals surface area contributed by atoms with E-state index in [0.29, 0.717) is 30.1 Å². The molecule has 2 aliphatic rings. The Hall–Kier alpha value is -2.56. The summed E-state index contributed by atoms with van der Waals surface area (Å²) in [6.07, 6.45) is 1.66. The molecule has 0 saturated carbocycles. The molecule has 2 aliphatic heterocycles. The molecule has 4 heterocycles. The molecule has 2 N–H and O–H groups in total. The Morgan fingerprint density at radius 2 is 1.91 bits per heavy atom. The molecule has 3 aromatic rings. The third kappa shape index (κ3) is 3.87. The lowest BCUT2D eigenvalue weighted by molar-refractivity contribution is 0.100. The highest BCUT2D eigenvalue weighted by Gasteiger charge is 2.26. The van der Waals surface area contributed by atoms with Crippen LogP contribution in [0.1, 0.15) is 10.4 Å². The average molecular weight is 472 g/mol. The number of anilines is 2. The number of primary amides is 1. The number of benzene rings is 1. The number of pyridine rings is 1. The van der Waals surface area contributed by atoms with E-state index in [1.165, 1.54) is 0 Å². The number of carbonyl (C=O) groups excluding carboxylic acids is 1. The topological polar surface area (TPSA) is 93.8 Å². The molecule has 0 spiro atoms. The fraction of sp³-hybridized carbons (Fsp3) is 0.409. The smallest absolute Gasteiger partial charge is 0.249 e. The molecule has 32 heavy (non-hydrogen) atoms. The van der Waals surface area contributed by atoms with Crippen molar-refractivity contribution in [1.29, 1.82) is 0 Å². The number of morpholine rings is 1. The second kappa shape index (κ2) is 9.13. The second-order valence-corrected chi connectivity index (χ2v) is 9.83. The van der Waals surface area contributed by atoms with Crippen LogP contribution in [0, 0.1) is 0 Å². The van der Waals surface area contributed by atoms with Gasteiger partial charge in [0, 0.05) is 43.9 Å². The largest absolute Gasteiger partial charge is 0.494 e. The fourth-order valence-corrected chi connectivity index (χ4v) is 6.26. The molecule has 2 saturated heterocycles. The summed E-state index contributed by atoms with van der Waals surface area (Å²) in [6.45, 7) is 4.80. The number of rotatable bonds is 5. The first-order valence-electron chi connectivity index (χ1n) is 10.6. The lowest BCUT2D eigenvalue weighted by Gasteiger charge is -2.29. The van der Waals surface area contributed by atoms with Gasteiger partial charge in [0.2, 0.25) is 5.91 Å². The van der Waals surface area contributed by atoms with Gasteiger partial charge in [0.05, 0.1) is 41.8 Å². The molecule has 0 aliphatic carbocycles. The number of thioether (sulfide) groups is 1. The number of nitrogens with zero attached hydrogens (tertiary/aromatic N) is 4. The van der Waals surface area contributed by atoms with E-state index in [9.17, 15) is 4.79 Å². The summed E-state index contributed by atoms with van der Waals surface area (Å²) in [7, 11) is 1.65. The summed E-state index contributed by atoms with van der Waals surface area (Å²) >= 11 is 3.48. The van der Waals surface area contributed by atoms with Crippen LogP contribution in [0.4, 0.5) is 11.5 Å². The zero-order valence-electron chi connectivity index (χ0n) is 17.9. The van der Waals surface area contributed by atoms with E-state index in [0.717, 1.165) is 64.4 Å². The van der Waals surface area contributed by atoms with Gasteiger partial charge >= 0.3 is 0 Å². The minimum atomic E-state index is -0.477. The molecule has 0 unspecified atom stereocenters. The lowest BCUT2D eigenvalue weighted by atomic mass is 10.1. The van der Waals surface area contributed by atoms with Crippen LogP contribution in [0.5, 0.6) is 5.75 Å². The minimum Gasteiger partial charge on any atom is -0.494 e. The van der Waals surface area contributed by atoms with Crippen LogP contribution in [0.3, 0.4) is 0 Å². The lowest BCUT2D eigenvalue weighted by Crippen LogP contribution is -2.36. The van der Waals surface area contributed by atoms with E-state index in [1.807, 2.05) is 17.8 Å². The summed E-state index contributed by atoms with van der Waals surface area (Å²) in [4.78, 5) is 26.6. The first kappa shape index (κ1) is 21.3. The summed E-state index contributed by atoms with van der Waals surface area (Å²) < 4.78 is 12.2. The van der Waals surface area contributed by atoms with E-state index in [-0.39, 0.29) is 0 Å². The minimum absolute atomic E-state index is 0.444. The van der Waals surface area contributed by atoms with Crippen molar-refractivity contribution in [2.24, 2.45) is 5.73 Å². The van der Waals surface area contributed by atoms with Gasteiger partial charge in [0.25, 0.3) is 0 Å². The molecule has 2 aromatic heterocycles. The van der Waals surface area contributed by atoms with Gasteiger partial charge in [-0.25, -0.2) is 9.97 Å². The van der Waals surface area contributed by atoms with Crippen molar-refractivity contribution < 1.29 is 14.3 Å². The molecular formula is C22H25N5O3S2. The zero-order chi connectivity index (χ0) is 22.1. The van der Waals surface area contributed by atoms with Gasteiger partial charge in [-0.05, 0) is 18.2 Å². The predicted molar refractivity (Wildman–Crippen MR) is 130 cm³/mol. The van der Waals surface area contributed by atoms with Crippen LogP contribution < -0.4 is 20.3 Å². The number of methoxy groups -OCH3 is 1. The third-order valence-corrected chi connectivity index (χ3v) is 7.82. The van der Waals surface area contributed by atoms with Gasteiger partial charge in [-0.15, -0.1) is 11.3 Å². The number of carbonyl (C=O) groups is 1. The third-order valence-electron chi connectivity index (χ3n) is 5.78. The van der Waals surface area contributed by atoms with Gasteiger partial charge in [-0.2, -0.15) is 11.8 Å². The Labute approximate surface area is 194 Å². The molecular weight excluding hydrogens is 446 g/mol. The standard InChI is InChI=1S/C22H25N5O3S2/c1-29-16-3-2-15(26-6-10-30-11-7-26)19-18(16)25-22(32-19)17-14(20(23)28)4-5-24-21(17)27-8-12-31-13-9-27/h2-5H,6-13H2,1H3,(H2,23,28). The monoisotopic (exact) mass is 471 g/mol. The highest BCUT2D eigenvalue weighted by Crippen LogP contribution is 2.44. The first-order valence-corrected chi connectivity index (χ1v) is 12.6. The molecule has 1 amide bonds. The quantitative estimate of drug-likeness (QED) is 0.607. The van der Waals surface area contributed by atoms with Crippen LogP contribution in [-0.2, 0) is 4.74 Å². The van der Waals surface area contributed by atoms with Crippen LogP contribution >= 0.6 is 23.1 Å². The zero-order valence-corrected chi connectivity index (χ0v) is 19.5. The van der Waals surface area contributed by atoms with Gasteiger partial charge in [-0.1, -0.05) is 0 Å². The normalized spacial score (nSPS) is 17.0. The van der Waals surface area contributed by atoms with E-state index >= 15 is 0 Å². The molecule has 10 heteroatoms. The van der Waals surface area contributed by atoms with Gasteiger partial charge < -0.3 is 25.0 Å². The van der Waals surface area contributed by atoms with Crippen LogP contribution in [0.15, 0.2) is 24.4 Å². The molecule has 2 fully saturated rings. The number of hydrogen-bond acceptors (Lipinski definition) is 9. The van der Waals surface area contributed by atoms with Crippen molar-refractivity contribution in [2.45, 2.75) is 0 Å². The summed E-state index contributed by atoms with van der Waals surface area (Å²) in [6, 6.07) is 5.72. The summed E-state index contributed by atoms with van der Waals surface area (Å²) in [5, 5.41) is 0.731.